The molecule has 40 heteroatoms. The largest absolute Gasteiger partial charge is 0.369 e. The molecule has 18 rings (SSSR count). The van der Waals surface area contributed by atoms with Gasteiger partial charge in [0.25, 0.3) is 0 Å². The number of nitrogens with one attached hydrogen (secondary N) is 8. The number of aromatic nitrogens is 8. The number of nitrogens with zero attached hydrogens (tertiary/aromatic N) is 20. The van der Waals surface area contributed by atoms with Crippen LogP contribution in [0.2, 0.25) is 0 Å². The van der Waals surface area contributed by atoms with Crippen molar-refractivity contribution in [2.24, 2.45) is 0 Å². The first-order valence-electron chi connectivity index (χ1n) is 49.7. The van der Waals surface area contributed by atoms with Crippen LogP contribution in [0.1, 0.15) is 81.5 Å². The Balaban J connectivity index is 0.000000145. The van der Waals surface area contributed by atoms with Crippen LogP contribution in [0.15, 0.2) is 238 Å². The summed E-state index contributed by atoms with van der Waals surface area (Å²) in [4.78, 5) is 56.2. The van der Waals surface area contributed by atoms with Gasteiger partial charge in [-0.3, -0.25) is 0 Å². The monoisotopic (exact) mass is 2050 g/mol. The van der Waals surface area contributed by atoms with Gasteiger partial charge in [0.1, 0.15) is 23.3 Å². The van der Waals surface area contributed by atoms with E-state index in [-0.39, 0.29) is 15.8 Å². The maximum Gasteiger partial charge on any atom is 0.243 e. The molecule has 0 saturated carbocycles. The van der Waals surface area contributed by atoms with Gasteiger partial charge < -0.3 is 81.7 Å². The van der Waals surface area contributed by atoms with Crippen molar-refractivity contribution in [1.29, 1.82) is 0 Å². The van der Waals surface area contributed by atoms with E-state index in [1.807, 2.05) is 115 Å². The smallest absolute Gasteiger partial charge is 0.243 e. The van der Waals surface area contributed by atoms with E-state index in [9.17, 15) is 33.7 Å². The average Bonchev–Trinajstić information content (AvgIpc) is 0.791. The number of aryl methyl sites for hydroxylation is 4. The molecule has 4 aromatic heterocycles. The zero-order valence-electron chi connectivity index (χ0n) is 85.3. The van der Waals surface area contributed by atoms with Crippen molar-refractivity contribution < 1.29 is 33.7 Å². The van der Waals surface area contributed by atoms with E-state index in [2.05, 4.69) is 198 Å². The summed E-state index contributed by atoms with van der Waals surface area (Å²) in [6, 6.07) is 60.6. The SMILES string of the molecule is CCN(CC)S(=O)(=O)c1cccc(Nc2nc(Nc3ccc(N4CCN(C)CC4)cc3)ncc2C)c1.Cc1cnc(Nc2ccc(N3CCN(C)CC3)cc2)nc1Nc1cccc(S(=O)(=O)N(C)C)c1.Cc1cnc(Nc2ccc(N3CCN(C)CC3)cc2)nc1Nc1cccc(S(=O)(=O)N2CCCCC2)c1.Cc1cnc(Nc2ccc(N3CCN(C)CC3)cc2)nc1Nc1cccc(S(=O)(=O)N2CCCCC2C)c1. The highest BCUT2D eigenvalue weighted by molar-refractivity contribution is 7.90. The van der Waals surface area contributed by atoms with Crippen molar-refractivity contribution in [1.82, 2.24) is 76.7 Å². The minimum absolute atomic E-state index is 0.0127. The van der Waals surface area contributed by atoms with E-state index in [1.54, 1.807) is 112 Å². The highest BCUT2D eigenvalue weighted by Gasteiger charge is 2.33. The molecule has 8 aromatic carbocycles. The summed E-state index contributed by atoms with van der Waals surface area (Å²) in [7, 11) is -2.49. The Labute approximate surface area is 855 Å². The highest BCUT2D eigenvalue weighted by atomic mass is 32.2. The van der Waals surface area contributed by atoms with Crippen LogP contribution in [0, 0.1) is 27.7 Å². The number of rotatable bonds is 30. The summed E-state index contributed by atoms with van der Waals surface area (Å²) >= 11 is 0. The number of anilines is 20. The Morgan fingerprint density at radius 2 is 0.572 bits per heavy atom. The standard InChI is InChI=1S/C28H37N7O2S.C27H35N7O2S.C26H35N7O2S.C24H31N7O2S/c1-21-20-29-28(31-23-10-12-25(13-11-23)34-17-15-33(3)16-18-34)32-27(21)30-24-8-6-9-26(19-24)38(36,37)35-14-5-4-7-22(35)2;1-21-20-28-27(30-22-9-11-24(12-10-22)33-17-15-32(2)16-18-33)31-26(21)29-23-7-6-8-25(19-23)37(35,36)34-13-4-3-5-14-34;1-5-33(6-2)36(34,35)24-9-7-8-22(18-24)28-25-20(3)19-27-26(30-25)29-21-10-12-23(13-11-21)32-16-14-31(4)15-17-32;1-18-17-25-24(27-19-8-10-21(11-9-19)31-14-12-30(4)13-15-31)28-23(18)26-20-6-5-7-22(16-20)34(32,33)29(2)3/h6,8-13,19-20,22H,4-5,7,14-18H2,1-3H3,(H2,29,30,31,32);6-12,19-20H,3-5,13-18H2,1-2H3,(H2,28,29,30,31);7-13,18-19H,5-6,14-17H2,1-4H3,(H2,27,28,29,30);5-11,16-17H,12-15H2,1-4H3,(H2,25,26,27,28). The van der Waals surface area contributed by atoms with Crippen molar-refractivity contribution in [2.45, 2.75) is 113 Å². The third-order valence-electron chi connectivity index (χ3n) is 26.7. The normalized spacial score (nSPS) is 16.7. The van der Waals surface area contributed by atoms with Crippen LogP contribution >= 0.6 is 0 Å². The van der Waals surface area contributed by atoms with Crippen molar-refractivity contribution in [3.05, 3.63) is 241 Å². The first kappa shape index (κ1) is 106. The van der Waals surface area contributed by atoms with Gasteiger partial charge in [-0.2, -0.15) is 32.9 Å². The molecule has 770 valence electrons. The maximum atomic E-state index is 13.3. The Hall–Kier alpha value is -12.8. The lowest BCUT2D eigenvalue weighted by Crippen LogP contribution is -2.44. The molecule has 6 aliphatic rings. The highest BCUT2D eigenvalue weighted by Crippen LogP contribution is 2.35. The first-order valence-corrected chi connectivity index (χ1v) is 55.5. The minimum Gasteiger partial charge on any atom is -0.369 e. The quantitative estimate of drug-likeness (QED) is 0.0207. The number of likely N-dealkylation sites (N-methyl/N-ethyl adjacent to an activating group) is 4. The molecular formula is C105H138N28O8S4. The molecule has 0 spiro atoms. The zero-order chi connectivity index (χ0) is 103. The van der Waals surface area contributed by atoms with Crippen LogP contribution in [-0.4, -0.2) is 296 Å². The lowest BCUT2D eigenvalue weighted by Gasteiger charge is -2.34. The van der Waals surface area contributed by atoms with Gasteiger partial charge in [0.05, 0.1) is 19.6 Å². The van der Waals surface area contributed by atoms with Gasteiger partial charge in [-0.15, -0.1) is 0 Å². The van der Waals surface area contributed by atoms with Crippen molar-refractivity contribution >= 4 is 155 Å². The molecule has 0 amide bonds. The Bertz CT molecular complexity index is 6810. The lowest BCUT2D eigenvalue weighted by atomic mass is 10.1. The van der Waals surface area contributed by atoms with Gasteiger partial charge in [0.15, 0.2) is 0 Å². The van der Waals surface area contributed by atoms with Crippen LogP contribution < -0.4 is 62.1 Å². The molecule has 6 fully saturated rings. The zero-order valence-corrected chi connectivity index (χ0v) is 88.6. The van der Waals surface area contributed by atoms with Crippen molar-refractivity contribution in [3.63, 3.8) is 0 Å². The van der Waals surface area contributed by atoms with Gasteiger partial charge in [0, 0.05) is 273 Å². The summed E-state index contributed by atoms with van der Waals surface area (Å²) in [6.45, 7) is 32.6. The number of sulfonamides is 4. The molecule has 1 unspecified atom stereocenters. The van der Waals surface area contributed by atoms with Crippen molar-refractivity contribution in [3.8, 4) is 0 Å². The van der Waals surface area contributed by atoms with E-state index >= 15 is 0 Å². The minimum atomic E-state index is -3.56. The number of piperazine rings is 4. The van der Waals surface area contributed by atoms with Crippen LogP contribution in [0.4, 0.5) is 115 Å². The Morgan fingerprint density at radius 1 is 0.303 bits per heavy atom. The molecule has 0 radical (unpaired) electrons. The van der Waals surface area contributed by atoms with Crippen LogP contribution in [0.5, 0.6) is 0 Å². The third kappa shape index (κ3) is 28.3. The van der Waals surface area contributed by atoms with Gasteiger partial charge in [-0.25, -0.2) is 57.9 Å². The molecule has 8 N–H and O–H groups in total. The fraction of sp³-hybridized carbons (Fsp3) is 0.390. The molecular weight excluding hydrogens is 1910 g/mol. The average molecular weight is 2050 g/mol. The molecule has 1 atom stereocenters. The summed E-state index contributed by atoms with van der Waals surface area (Å²) < 4.78 is 109. The molecule has 0 aliphatic carbocycles. The number of piperidine rings is 2. The number of benzene rings is 8. The molecule has 6 saturated heterocycles. The van der Waals surface area contributed by atoms with Crippen molar-refractivity contribution in [2.75, 3.05) is 242 Å². The van der Waals surface area contributed by atoms with Gasteiger partial charge in [-0.05, 0) is 258 Å². The van der Waals surface area contributed by atoms with Crippen LogP contribution in [0.3, 0.4) is 0 Å². The third-order valence-corrected chi connectivity index (χ3v) is 34.4. The van der Waals surface area contributed by atoms with Gasteiger partial charge in [-0.1, -0.05) is 51.0 Å². The summed E-state index contributed by atoms with van der Waals surface area (Å²) in [5.41, 5.74) is 14.5. The van der Waals surface area contributed by atoms with E-state index in [1.165, 1.54) is 45.5 Å². The van der Waals surface area contributed by atoms with E-state index in [0.29, 0.717) is 112 Å². The second kappa shape index (κ2) is 48.9. The number of hydrogen-bond donors (Lipinski definition) is 8. The molecule has 12 aromatic rings. The number of hydrogen-bond acceptors (Lipinski definition) is 32. The lowest BCUT2D eigenvalue weighted by molar-refractivity contribution is 0.268. The predicted octanol–water partition coefficient (Wildman–Crippen LogP) is 16.1. The second-order valence-electron chi connectivity index (χ2n) is 37.7. The van der Waals surface area contributed by atoms with Crippen LogP contribution in [-0.2, 0) is 40.1 Å². The van der Waals surface area contributed by atoms with E-state index < -0.39 is 40.1 Å². The summed E-state index contributed by atoms with van der Waals surface area (Å²) in [5, 5.41) is 26.1. The fourth-order valence-electron chi connectivity index (χ4n) is 17.5. The topological polar surface area (TPSA) is 375 Å². The predicted molar refractivity (Wildman–Crippen MR) is 585 cm³/mol. The molecule has 36 nitrogen and oxygen atoms in total. The molecule has 0 bridgehead atoms. The van der Waals surface area contributed by atoms with Gasteiger partial charge in [0.2, 0.25) is 63.9 Å². The maximum absolute atomic E-state index is 13.3. The fourth-order valence-corrected chi connectivity index (χ4v) is 23.3. The van der Waals surface area contributed by atoms with Crippen LogP contribution in [0.25, 0.3) is 0 Å². The van der Waals surface area contributed by atoms with Gasteiger partial charge >= 0.3 is 0 Å². The molecule has 10 heterocycles. The molecule has 6 aliphatic heterocycles. The van der Waals surface area contributed by atoms with E-state index in [0.717, 1.165) is 188 Å². The Kier molecular flexibility index (Phi) is 35.9. The first-order chi connectivity index (χ1) is 69.7. The second-order valence-corrected chi connectivity index (χ2v) is 45.6. The summed E-state index contributed by atoms with van der Waals surface area (Å²) in [5.74, 6) is 4.32. The molecule has 145 heavy (non-hydrogen) atoms. The Morgan fingerprint density at radius 3 is 0.855 bits per heavy atom. The summed E-state index contributed by atoms with van der Waals surface area (Å²) in [6.07, 6.45) is 12.7. The van der Waals surface area contributed by atoms with E-state index in [4.69, 9.17) is 0 Å².